The van der Waals surface area contributed by atoms with Gasteiger partial charge in [0.05, 0.1) is 24.6 Å². The molecule has 0 spiro atoms. The lowest BCUT2D eigenvalue weighted by molar-refractivity contribution is 0.0240. The summed E-state index contributed by atoms with van der Waals surface area (Å²) in [6.45, 7) is 13.6. The van der Waals surface area contributed by atoms with Crippen molar-refractivity contribution in [2.24, 2.45) is 0 Å². The molecule has 3 rings (SSSR count). The Labute approximate surface area is 169 Å². The third kappa shape index (κ3) is 5.04. The molecule has 1 amide bonds. The highest BCUT2D eigenvalue weighted by Crippen LogP contribution is 2.33. The average Bonchev–Trinajstić information content (AvgIpc) is 2.63. The minimum atomic E-state index is -0.470. The predicted octanol–water partition coefficient (Wildman–Crippen LogP) is 3.05. The van der Waals surface area contributed by atoms with Gasteiger partial charge in [-0.05, 0) is 49.7 Å². The van der Waals surface area contributed by atoms with E-state index in [1.54, 1.807) is 4.90 Å². The van der Waals surface area contributed by atoms with E-state index in [4.69, 9.17) is 14.5 Å². The molecule has 8 heteroatoms. The van der Waals surface area contributed by atoms with Crippen molar-refractivity contribution in [1.29, 1.82) is 0 Å². The first kappa shape index (κ1) is 20.2. The van der Waals surface area contributed by atoms with Gasteiger partial charge in [-0.2, -0.15) is 0 Å². The fraction of sp³-hybridized carbons (Fsp3) is 0.684. The maximum Gasteiger partial charge on any atom is 0.410 e. The largest absolute Gasteiger partial charge is 0.444 e. The van der Waals surface area contributed by atoms with Crippen LogP contribution < -0.4 is 9.80 Å². The highest BCUT2D eigenvalue weighted by atomic mass is 79.9. The number of hydrogen-bond donors (Lipinski definition) is 0. The van der Waals surface area contributed by atoms with Crippen LogP contribution in [0.1, 0.15) is 26.5 Å². The summed E-state index contributed by atoms with van der Waals surface area (Å²) < 4.78 is 12.0. The van der Waals surface area contributed by atoms with Crippen molar-refractivity contribution >= 4 is 33.5 Å². The van der Waals surface area contributed by atoms with Gasteiger partial charge in [0.25, 0.3) is 0 Å². The van der Waals surface area contributed by atoms with E-state index in [0.717, 1.165) is 61.1 Å². The summed E-state index contributed by atoms with van der Waals surface area (Å²) in [6, 6.07) is 2.16. The maximum absolute atomic E-state index is 12.3. The minimum absolute atomic E-state index is 0.240. The normalized spacial score (nSPS) is 18.6. The average molecular weight is 441 g/mol. The predicted molar refractivity (Wildman–Crippen MR) is 110 cm³/mol. The number of piperazine rings is 1. The number of anilines is 2. The summed E-state index contributed by atoms with van der Waals surface area (Å²) in [5.74, 6) is 0.987. The number of nitrogens with zero attached hydrogens (tertiary/aromatic N) is 4. The molecule has 0 atom stereocenters. The van der Waals surface area contributed by atoms with Gasteiger partial charge in [0.1, 0.15) is 5.60 Å². The monoisotopic (exact) mass is 440 g/mol. The van der Waals surface area contributed by atoms with E-state index in [-0.39, 0.29) is 6.09 Å². The molecule has 1 aromatic heterocycles. The van der Waals surface area contributed by atoms with E-state index in [0.29, 0.717) is 13.1 Å². The van der Waals surface area contributed by atoms with Gasteiger partial charge in [-0.15, -0.1) is 0 Å². The molecular formula is C19H29BrN4O3. The van der Waals surface area contributed by atoms with E-state index in [1.807, 2.05) is 27.7 Å². The number of pyridine rings is 1. The lowest BCUT2D eigenvalue weighted by atomic mass is 10.2. The minimum Gasteiger partial charge on any atom is -0.444 e. The summed E-state index contributed by atoms with van der Waals surface area (Å²) >= 11 is 3.62. The van der Waals surface area contributed by atoms with Gasteiger partial charge in [-0.3, -0.25) is 0 Å². The number of amides is 1. The highest BCUT2D eigenvalue weighted by molar-refractivity contribution is 9.10. The Morgan fingerprint density at radius 2 is 1.74 bits per heavy atom. The Kier molecular flexibility index (Phi) is 6.15. The van der Waals surface area contributed by atoms with Crippen LogP contribution >= 0.6 is 15.9 Å². The molecule has 0 saturated carbocycles. The van der Waals surface area contributed by atoms with Gasteiger partial charge in [0.15, 0.2) is 5.82 Å². The molecule has 0 aromatic carbocycles. The van der Waals surface area contributed by atoms with Gasteiger partial charge in [-0.25, -0.2) is 9.78 Å². The lowest BCUT2D eigenvalue weighted by Crippen LogP contribution is -2.50. The zero-order valence-electron chi connectivity index (χ0n) is 16.6. The van der Waals surface area contributed by atoms with Crippen LogP contribution in [0.4, 0.5) is 16.3 Å². The van der Waals surface area contributed by atoms with Crippen molar-refractivity contribution in [1.82, 2.24) is 9.88 Å². The molecular weight excluding hydrogens is 412 g/mol. The Morgan fingerprint density at radius 3 is 2.33 bits per heavy atom. The van der Waals surface area contributed by atoms with Gasteiger partial charge in [0, 0.05) is 43.7 Å². The molecule has 1 aromatic rings. The molecule has 2 fully saturated rings. The van der Waals surface area contributed by atoms with E-state index < -0.39 is 5.60 Å². The summed E-state index contributed by atoms with van der Waals surface area (Å²) in [5, 5.41) is 0. The summed E-state index contributed by atoms with van der Waals surface area (Å²) in [6.07, 6.45) is -0.240. The van der Waals surface area contributed by atoms with Gasteiger partial charge in [-0.1, -0.05) is 0 Å². The van der Waals surface area contributed by atoms with Crippen molar-refractivity contribution in [3.8, 4) is 0 Å². The van der Waals surface area contributed by atoms with E-state index >= 15 is 0 Å². The SMILES string of the molecule is Cc1nc(N2CCN(C(=O)OC(C)(C)C)CC2)c(N2CCOCC2)cc1Br. The fourth-order valence-electron chi connectivity index (χ4n) is 3.26. The Morgan fingerprint density at radius 1 is 1.11 bits per heavy atom. The summed E-state index contributed by atoms with van der Waals surface area (Å²) in [4.78, 5) is 23.6. The molecule has 2 aliphatic rings. The van der Waals surface area contributed by atoms with Crippen molar-refractivity contribution < 1.29 is 14.3 Å². The van der Waals surface area contributed by atoms with Crippen LogP contribution in [0.15, 0.2) is 10.5 Å². The topological polar surface area (TPSA) is 58.1 Å². The second-order valence-electron chi connectivity index (χ2n) is 7.95. The zero-order chi connectivity index (χ0) is 19.6. The highest BCUT2D eigenvalue weighted by Gasteiger charge is 2.28. The number of ether oxygens (including phenoxy) is 2. The molecule has 3 heterocycles. The number of carbonyl (C=O) groups is 1. The molecule has 0 unspecified atom stereocenters. The number of aryl methyl sites for hydroxylation is 1. The van der Waals surface area contributed by atoms with E-state index in [9.17, 15) is 4.79 Å². The number of carbonyl (C=O) groups excluding carboxylic acids is 1. The standard InChI is InChI=1S/C19H29BrN4O3/c1-14-15(20)13-16(22-9-11-26-12-10-22)17(21-14)23-5-7-24(8-6-23)18(25)27-19(2,3)4/h13H,5-12H2,1-4H3. The second-order valence-corrected chi connectivity index (χ2v) is 8.81. The van der Waals surface area contributed by atoms with Crippen LogP contribution in [-0.4, -0.2) is 74.1 Å². The molecule has 0 N–H and O–H groups in total. The molecule has 150 valence electrons. The van der Waals surface area contributed by atoms with E-state index in [1.165, 1.54) is 0 Å². The first-order valence-electron chi connectivity index (χ1n) is 9.47. The van der Waals surface area contributed by atoms with Crippen LogP contribution in [0, 0.1) is 6.92 Å². The second kappa shape index (κ2) is 8.22. The van der Waals surface area contributed by atoms with Crippen LogP contribution in [0.5, 0.6) is 0 Å². The van der Waals surface area contributed by atoms with Crippen molar-refractivity contribution in [3.05, 3.63) is 16.2 Å². The first-order valence-corrected chi connectivity index (χ1v) is 10.3. The molecule has 2 aliphatic heterocycles. The van der Waals surface area contributed by atoms with Crippen LogP contribution in [0.3, 0.4) is 0 Å². The van der Waals surface area contributed by atoms with Crippen molar-refractivity contribution in [2.75, 3.05) is 62.3 Å². The molecule has 0 bridgehead atoms. The Balaban J connectivity index is 1.73. The number of halogens is 1. The number of hydrogen-bond acceptors (Lipinski definition) is 6. The summed E-state index contributed by atoms with van der Waals surface area (Å²) in [5.41, 5.74) is 1.63. The van der Waals surface area contributed by atoms with Crippen LogP contribution in [0.2, 0.25) is 0 Å². The van der Waals surface area contributed by atoms with Gasteiger partial charge in [0.2, 0.25) is 0 Å². The Hall–Kier alpha value is -1.54. The van der Waals surface area contributed by atoms with E-state index in [2.05, 4.69) is 31.8 Å². The van der Waals surface area contributed by atoms with Crippen molar-refractivity contribution in [3.63, 3.8) is 0 Å². The number of morpholine rings is 1. The van der Waals surface area contributed by atoms with Crippen LogP contribution in [-0.2, 0) is 9.47 Å². The number of aromatic nitrogens is 1. The molecule has 27 heavy (non-hydrogen) atoms. The third-order valence-corrected chi connectivity index (χ3v) is 5.50. The molecule has 2 saturated heterocycles. The van der Waals surface area contributed by atoms with Crippen molar-refractivity contribution in [2.45, 2.75) is 33.3 Å². The van der Waals surface area contributed by atoms with Gasteiger partial charge >= 0.3 is 6.09 Å². The van der Waals surface area contributed by atoms with Gasteiger partial charge < -0.3 is 24.2 Å². The molecule has 7 nitrogen and oxygen atoms in total. The molecule has 0 aliphatic carbocycles. The Bertz CT molecular complexity index is 678. The zero-order valence-corrected chi connectivity index (χ0v) is 18.2. The lowest BCUT2D eigenvalue weighted by Gasteiger charge is -2.39. The van der Waals surface area contributed by atoms with Crippen LogP contribution in [0.25, 0.3) is 0 Å². The summed E-state index contributed by atoms with van der Waals surface area (Å²) in [7, 11) is 0. The first-order chi connectivity index (χ1) is 12.7. The maximum atomic E-state index is 12.3. The quantitative estimate of drug-likeness (QED) is 0.704. The fourth-order valence-corrected chi connectivity index (χ4v) is 3.56. The number of rotatable bonds is 2. The smallest absolute Gasteiger partial charge is 0.410 e. The third-order valence-electron chi connectivity index (χ3n) is 4.69. The molecule has 0 radical (unpaired) electrons.